The van der Waals surface area contributed by atoms with Crippen LogP contribution in [-0.4, -0.2) is 27.8 Å². The number of hydrogen-bond donors (Lipinski definition) is 0. The van der Waals surface area contributed by atoms with E-state index in [0.717, 1.165) is 16.1 Å². The van der Waals surface area contributed by atoms with Gasteiger partial charge in [0.05, 0.1) is 27.3 Å². The van der Waals surface area contributed by atoms with E-state index in [-0.39, 0.29) is 5.91 Å². The van der Waals surface area contributed by atoms with Crippen molar-refractivity contribution in [3.63, 3.8) is 0 Å². The number of hydrogen-bond acceptors (Lipinski definition) is 4. The van der Waals surface area contributed by atoms with Crippen LogP contribution in [0.15, 0.2) is 54.2 Å². The normalized spacial score (nSPS) is 10.5. The first-order valence-corrected chi connectivity index (χ1v) is 8.19. The lowest BCUT2D eigenvalue weighted by Crippen LogP contribution is -2.26. The molecule has 0 atom stereocenters. The summed E-state index contributed by atoms with van der Waals surface area (Å²) in [4.78, 5) is 24.2. The molecule has 23 heavy (non-hydrogen) atoms. The molecule has 0 saturated carbocycles. The van der Waals surface area contributed by atoms with Crippen molar-refractivity contribution in [2.24, 2.45) is 0 Å². The van der Waals surface area contributed by atoms with Crippen molar-refractivity contribution in [2.45, 2.75) is 13.5 Å². The molecule has 0 spiro atoms. The van der Waals surface area contributed by atoms with Crippen LogP contribution in [-0.2, 0) is 6.54 Å². The van der Waals surface area contributed by atoms with Crippen LogP contribution in [0.3, 0.4) is 0 Å². The Balaban J connectivity index is 1.90. The zero-order valence-corrected chi connectivity index (χ0v) is 13.9. The van der Waals surface area contributed by atoms with Gasteiger partial charge in [0.25, 0.3) is 5.91 Å². The molecule has 0 N–H and O–H groups in total. The predicted molar refractivity (Wildman–Crippen MR) is 92.3 cm³/mol. The van der Waals surface area contributed by atoms with E-state index in [1.165, 1.54) is 11.3 Å². The van der Waals surface area contributed by atoms with Gasteiger partial charge in [-0.15, -0.1) is 11.3 Å². The van der Waals surface area contributed by atoms with Gasteiger partial charge in [-0.3, -0.25) is 9.78 Å². The van der Waals surface area contributed by atoms with Gasteiger partial charge in [0.1, 0.15) is 0 Å². The van der Waals surface area contributed by atoms with Gasteiger partial charge < -0.3 is 4.90 Å². The van der Waals surface area contributed by atoms with E-state index in [1.54, 1.807) is 22.7 Å². The summed E-state index contributed by atoms with van der Waals surface area (Å²) in [5.74, 6) is -0.0373. The lowest BCUT2D eigenvalue weighted by Gasteiger charge is -2.18. The Bertz CT molecular complexity index is 814. The molecule has 3 aromatic rings. The second-order valence-corrected chi connectivity index (χ2v) is 6.17. The van der Waals surface area contributed by atoms with E-state index in [2.05, 4.69) is 9.97 Å². The minimum absolute atomic E-state index is 0.0373. The molecule has 4 nitrogen and oxygen atoms in total. The molecular weight excluding hydrogens is 306 g/mol. The Morgan fingerprint density at radius 1 is 1.13 bits per heavy atom. The maximum Gasteiger partial charge on any atom is 0.256 e. The molecule has 0 unspecified atom stereocenters. The van der Waals surface area contributed by atoms with Crippen LogP contribution in [0.1, 0.15) is 21.6 Å². The first kappa shape index (κ1) is 15.4. The number of pyridine rings is 1. The van der Waals surface area contributed by atoms with Crippen LogP contribution in [0.2, 0.25) is 0 Å². The third-order valence-corrected chi connectivity index (χ3v) is 4.54. The van der Waals surface area contributed by atoms with Crippen LogP contribution in [0.25, 0.3) is 10.6 Å². The van der Waals surface area contributed by atoms with Gasteiger partial charge >= 0.3 is 0 Å². The van der Waals surface area contributed by atoms with Crippen LogP contribution in [0.5, 0.6) is 0 Å². The van der Waals surface area contributed by atoms with Gasteiger partial charge in [-0.25, -0.2) is 4.98 Å². The van der Waals surface area contributed by atoms with Crippen molar-refractivity contribution in [1.29, 1.82) is 0 Å². The average molecular weight is 323 g/mol. The van der Waals surface area contributed by atoms with Gasteiger partial charge in [0.15, 0.2) is 0 Å². The lowest BCUT2D eigenvalue weighted by molar-refractivity contribution is 0.0785. The van der Waals surface area contributed by atoms with Gasteiger partial charge in [0, 0.05) is 19.8 Å². The molecule has 1 aromatic carbocycles. The van der Waals surface area contributed by atoms with E-state index in [0.29, 0.717) is 17.8 Å². The molecule has 116 valence electrons. The fraction of sp³-hybridized carbons (Fsp3) is 0.167. The maximum absolute atomic E-state index is 12.8. The van der Waals surface area contributed by atoms with Gasteiger partial charge in [-0.05, 0) is 24.6 Å². The van der Waals surface area contributed by atoms with Crippen LogP contribution in [0, 0.1) is 6.92 Å². The van der Waals surface area contributed by atoms with E-state index >= 15 is 0 Å². The second-order valence-electron chi connectivity index (χ2n) is 5.31. The minimum Gasteiger partial charge on any atom is -0.337 e. The van der Waals surface area contributed by atoms with Gasteiger partial charge in [-0.1, -0.05) is 30.3 Å². The third kappa shape index (κ3) is 3.29. The Kier molecular flexibility index (Phi) is 4.48. The number of amides is 1. The zero-order valence-electron chi connectivity index (χ0n) is 13.1. The second kappa shape index (κ2) is 6.71. The summed E-state index contributed by atoms with van der Waals surface area (Å²) in [7, 11) is 1.81. The smallest absolute Gasteiger partial charge is 0.256 e. The highest BCUT2D eigenvalue weighted by atomic mass is 32.1. The maximum atomic E-state index is 12.8. The number of carbonyl (C=O) groups excluding carboxylic acids is 1. The van der Waals surface area contributed by atoms with Gasteiger partial charge in [-0.2, -0.15) is 0 Å². The largest absolute Gasteiger partial charge is 0.337 e. The highest BCUT2D eigenvalue weighted by Gasteiger charge is 2.19. The number of rotatable bonds is 4. The molecule has 1 amide bonds. The van der Waals surface area contributed by atoms with Crippen molar-refractivity contribution in [3.05, 3.63) is 71.0 Å². The highest BCUT2D eigenvalue weighted by molar-refractivity contribution is 7.13. The Morgan fingerprint density at radius 3 is 2.61 bits per heavy atom. The predicted octanol–water partition coefficient (Wildman–Crippen LogP) is 3.79. The minimum atomic E-state index is -0.0373. The van der Waals surface area contributed by atoms with E-state index in [4.69, 9.17) is 0 Å². The quantitative estimate of drug-likeness (QED) is 0.734. The Morgan fingerprint density at radius 2 is 1.91 bits per heavy atom. The molecule has 3 rings (SSSR count). The highest BCUT2D eigenvalue weighted by Crippen LogP contribution is 2.28. The summed E-state index contributed by atoms with van der Waals surface area (Å²) in [6, 6.07) is 13.6. The molecule has 0 radical (unpaired) electrons. The van der Waals surface area contributed by atoms with Gasteiger partial charge in [0.2, 0.25) is 0 Å². The molecule has 0 bridgehead atoms. The lowest BCUT2D eigenvalue weighted by atomic mass is 10.1. The summed E-state index contributed by atoms with van der Waals surface area (Å²) in [5, 5.41) is 0. The first-order chi connectivity index (χ1) is 11.2. The number of aryl methyl sites for hydroxylation is 1. The Labute approximate surface area is 139 Å². The summed E-state index contributed by atoms with van der Waals surface area (Å²) in [6.07, 6.45) is 1.71. The summed E-state index contributed by atoms with van der Waals surface area (Å²) in [5.41, 5.74) is 5.09. The molecule has 0 saturated heterocycles. The van der Waals surface area contributed by atoms with Crippen LogP contribution < -0.4 is 0 Å². The Hall–Kier alpha value is -2.53. The fourth-order valence-corrected chi connectivity index (χ4v) is 3.24. The molecular formula is C18H17N3OS. The number of aromatic nitrogens is 2. The van der Waals surface area contributed by atoms with E-state index < -0.39 is 0 Å². The monoisotopic (exact) mass is 323 g/mol. The molecule has 0 aliphatic heterocycles. The fourth-order valence-electron chi connectivity index (χ4n) is 2.42. The van der Waals surface area contributed by atoms with Crippen molar-refractivity contribution in [3.8, 4) is 10.6 Å². The van der Waals surface area contributed by atoms with Crippen molar-refractivity contribution >= 4 is 17.2 Å². The SMILES string of the molecule is Cc1ncsc1-c1ncccc1C(=O)N(C)Cc1ccccc1. The summed E-state index contributed by atoms with van der Waals surface area (Å²) < 4.78 is 0. The average Bonchev–Trinajstić information content (AvgIpc) is 3.01. The van der Waals surface area contributed by atoms with E-state index in [1.807, 2.05) is 50.4 Å². The first-order valence-electron chi connectivity index (χ1n) is 7.31. The summed E-state index contributed by atoms with van der Waals surface area (Å²) >= 11 is 1.51. The third-order valence-electron chi connectivity index (χ3n) is 3.61. The summed E-state index contributed by atoms with van der Waals surface area (Å²) in [6.45, 7) is 2.50. The number of benzene rings is 1. The van der Waals surface area contributed by atoms with Crippen LogP contribution in [0.4, 0.5) is 0 Å². The molecule has 0 aliphatic rings. The van der Waals surface area contributed by atoms with E-state index in [9.17, 15) is 4.79 Å². The molecule has 2 aromatic heterocycles. The van der Waals surface area contributed by atoms with Crippen molar-refractivity contribution in [1.82, 2.24) is 14.9 Å². The molecule has 0 fully saturated rings. The topological polar surface area (TPSA) is 46.1 Å². The van der Waals surface area contributed by atoms with Crippen molar-refractivity contribution < 1.29 is 4.79 Å². The number of carbonyl (C=O) groups is 1. The molecule has 5 heteroatoms. The van der Waals surface area contributed by atoms with Crippen molar-refractivity contribution in [2.75, 3.05) is 7.05 Å². The number of nitrogens with zero attached hydrogens (tertiary/aromatic N) is 3. The molecule has 2 heterocycles. The standard InChI is InChI=1S/C18H17N3OS/c1-13-17(23-12-20-13)16-15(9-6-10-19-16)18(22)21(2)11-14-7-4-3-5-8-14/h3-10,12H,11H2,1-2H3. The molecule has 0 aliphatic carbocycles. The zero-order chi connectivity index (χ0) is 16.2. The van der Waals surface area contributed by atoms with Crippen LogP contribution >= 0.6 is 11.3 Å². The number of thiazole rings is 1.